The van der Waals surface area contributed by atoms with Gasteiger partial charge in [-0.25, -0.2) is 4.79 Å². The lowest BCUT2D eigenvalue weighted by Gasteiger charge is -2.37. The number of benzene rings is 4. The van der Waals surface area contributed by atoms with Gasteiger partial charge in [0, 0.05) is 39.1 Å². The molecule has 2 atom stereocenters. The van der Waals surface area contributed by atoms with Gasteiger partial charge in [-0.2, -0.15) is 0 Å². The lowest BCUT2D eigenvalue weighted by Crippen LogP contribution is -2.53. The highest BCUT2D eigenvalue weighted by atomic mass is 28.4. The molecule has 4 aromatic rings. The highest BCUT2D eigenvalue weighted by molar-refractivity contribution is 6.74. The third-order valence-corrected chi connectivity index (χ3v) is 15.1. The molecule has 0 fully saturated rings. The van der Waals surface area contributed by atoms with E-state index in [1.165, 1.54) is 0 Å². The Labute approximate surface area is 359 Å². The molecule has 0 radical (unpaired) electrons. The van der Waals surface area contributed by atoms with E-state index in [0.29, 0.717) is 25.5 Å². The molecular weight excluding hydrogens is 773 g/mol. The van der Waals surface area contributed by atoms with E-state index < -0.39 is 38.6 Å². The molecule has 0 spiro atoms. The number of urea groups is 1. The number of hydrogen-bond acceptors (Lipinski definition) is 7. The van der Waals surface area contributed by atoms with Crippen LogP contribution in [0.1, 0.15) is 78.5 Å². The first-order chi connectivity index (χ1) is 28.4. The molecule has 0 bridgehead atoms. The number of hydrogen-bond donors (Lipinski definition) is 3. The third-order valence-electron chi connectivity index (χ3n) is 10.6. The zero-order valence-corrected chi connectivity index (χ0v) is 38.4. The number of nitrogens with one attached hydrogen (secondary N) is 3. The monoisotopic (exact) mass is 840 g/mol. The minimum atomic E-state index is -2.26. The van der Waals surface area contributed by atoms with Crippen LogP contribution in [0.15, 0.2) is 97.1 Å². The number of ether oxygens (including phenoxy) is 3. The predicted molar refractivity (Wildman–Crippen MR) is 242 cm³/mol. The average Bonchev–Trinajstić information content (AvgIpc) is 3.19. The lowest BCUT2D eigenvalue weighted by atomic mass is 10.0. The van der Waals surface area contributed by atoms with Crippen LogP contribution in [-0.4, -0.2) is 81.4 Å². The summed E-state index contributed by atoms with van der Waals surface area (Å²) < 4.78 is 24.5. The van der Waals surface area contributed by atoms with Crippen LogP contribution in [-0.2, 0) is 43.0 Å². The highest BCUT2D eigenvalue weighted by Gasteiger charge is 2.38. The Morgan fingerprint density at radius 3 is 2.02 bits per heavy atom. The molecule has 4 aromatic carbocycles. The summed E-state index contributed by atoms with van der Waals surface area (Å²) in [5.74, 6) is 0.0102. The van der Waals surface area contributed by atoms with Crippen LogP contribution in [0.3, 0.4) is 0 Å². The first-order valence-corrected chi connectivity index (χ1v) is 24.1. The molecule has 0 saturated heterocycles. The number of fused-ring (bicyclic) bond motifs is 1. The van der Waals surface area contributed by atoms with Crippen molar-refractivity contribution >= 4 is 36.9 Å². The van der Waals surface area contributed by atoms with E-state index in [2.05, 4.69) is 49.8 Å². The zero-order chi connectivity index (χ0) is 43.9. The number of rotatable bonds is 21. The molecule has 2 unspecified atom stereocenters. The van der Waals surface area contributed by atoms with Crippen LogP contribution in [0.4, 0.5) is 4.79 Å². The van der Waals surface area contributed by atoms with Crippen molar-refractivity contribution in [3.05, 3.63) is 114 Å². The molecule has 326 valence electrons. The second-order valence-corrected chi connectivity index (χ2v) is 22.5. The Hall–Kier alpha value is -4.75. The smallest absolute Gasteiger partial charge is 0.315 e. The van der Waals surface area contributed by atoms with Gasteiger partial charge in [0.05, 0.1) is 19.2 Å². The van der Waals surface area contributed by atoms with Gasteiger partial charge in [-0.15, -0.1) is 0 Å². The quantitative estimate of drug-likeness (QED) is 0.0566. The zero-order valence-electron chi connectivity index (χ0n) is 37.4. The van der Waals surface area contributed by atoms with Gasteiger partial charge < -0.3 is 39.5 Å². The molecule has 60 heavy (non-hydrogen) atoms. The Morgan fingerprint density at radius 2 is 1.38 bits per heavy atom. The van der Waals surface area contributed by atoms with Crippen molar-refractivity contribution in [2.45, 2.75) is 123 Å². The molecule has 3 N–H and O–H groups in total. The summed E-state index contributed by atoms with van der Waals surface area (Å²) in [4.78, 5) is 44.3. The maximum atomic E-state index is 15.0. The van der Waals surface area contributed by atoms with E-state index >= 15 is 4.79 Å². The molecule has 0 aliphatic rings. The van der Waals surface area contributed by atoms with Crippen LogP contribution in [0.2, 0.25) is 18.1 Å². The first kappa shape index (κ1) is 47.9. The number of carbonyl (C=O) groups excluding carboxylic acids is 3. The normalized spacial score (nSPS) is 13.1. The van der Waals surface area contributed by atoms with Crippen molar-refractivity contribution in [2.24, 2.45) is 0 Å². The van der Waals surface area contributed by atoms with E-state index in [4.69, 9.17) is 18.6 Å². The van der Waals surface area contributed by atoms with Crippen molar-refractivity contribution < 1.29 is 33.0 Å². The summed E-state index contributed by atoms with van der Waals surface area (Å²) in [6.45, 7) is 22.1. The molecule has 12 heteroatoms. The van der Waals surface area contributed by atoms with E-state index in [-0.39, 0.29) is 49.1 Å². The molecule has 0 aliphatic heterocycles. The SMILES string of the molecule is CCOC(CN(Cc1cccc2ccccc12)C(=O)C(Cc1ccc(OC(C)(C)C)cc1)NC(=O)CC(CO[Si](C)(C)C(C)(C)C)NC(=O)NCc1ccccc1)OCC. The van der Waals surface area contributed by atoms with Gasteiger partial charge in [0.1, 0.15) is 17.4 Å². The summed E-state index contributed by atoms with van der Waals surface area (Å²) >= 11 is 0. The van der Waals surface area contributed by atoms with Gasteiger partial charge in [-0.05, 0) is 92.3 Å². The standard InChI is InChI=1S/C48H68N4O7Si/c1-11-56-44(57-12-2)33-52(32-38-23-18-22-37-21-16-17-24-41(37)38)45(54)42(29-35-25-27-40(28-26-35)59-47(3,4)5)51-43(53)30-39(34-58-60(9,10)48(6,7)8)50-46(55)49-31-36-19-14-13-15-20-36/h13-28,39,42,44H,11-12,29-34H2,1-10H3,(H,51,53)(H2,49,50,55). The van der Waals surface area contributed by atoms with Crippen LogP contribution < -0.4 is 20.7 Å². The van der Waals surface area contributed by atoms with E-state index in [0.717, 1.165) is 27.5 Å². The van der Waals surface area contributed by atoms with Gasteiger partial charge in [-0.1, -0.05) is 106 Å². The summed E-state index contributed by atoms with van der Waals surface area (Å²) in [5, 5.41) is 11.0. The van der Waals surface area contributed by atoms with Crippen LogP contribution in [0.25, 0.3) is 10.8 Å². The topological polar surface area (TPSA) is 127 Å². The maximum Gasteiger partial charge on any atom is 0.315 e. The fourth-order valence-electron chi connectivity index (χ4n) is 6.45. The summed E-state index contributed by atoms with van der Waals surface area (Å²) in [6.07, 6.45) is -0.588. The van der Waals surface area contributed by atoms with Gasteiger partial charge >= 0.3 is 6.03 Å². The second kappa shape index (κ2) is 22.2. The van der Waals surface area contributed by atoms with E-state index in [1.807, 2.05) is 132 Å². The molecule has 0 saturated carbocycles. The fraction of sp³-hybridized carbons (Fsp3) is 0.479. The summed E-state index contributed by atoms with van der Waals surface area (Å²) in [7, 11) is -2.26. The Kier molecular flexibility index (Phi) is 17.7. The minimum Gasteiger partial charge on any atom is -0.488 e. The maximum absolute atomic E-state index is 15.0. The molecule has 0 aliphatic carbocycles. The fourth-order valence-corrected chi connectivity index (χ4v) is 7.50. The van der Waals surface area contributed by atoms with Gasteiger partial charge in [-0.3, -0.25) is 9.59 Å². The molecule has 4 amide bonds. The first-order valence-electron chi connectivity index (χ1n) is 21.2. The number of amides is 4. The van der Waals surface area contributed by atoms with Gasteiger partial charge in [0.15, 0.2) is 14.6 Å². The van der Waals surface area contributed by atoms with Crippen molar-refractivity contribution in [3.8, 4) is 5.75 Å². The van der Waals surface area contributed by atoms with Gasteiger partial charge in [0.2, 0.25) is 11.8 Å². The van der Waals surface area contributed by atoms with Crippen LogP contribution in [0.5, 0.6) is 5.75 Å². The van der Waals surface area contributed by atoms with E-state index in [9.17, 15) is 9.59 Å². The number of nitrogens with zero attached hydrogens (tertiary/aromatic N) is 1. The van der Waals surface area contributed by atoms with Crippen LogP contribution in [0, 0.1) is 0 Å². The molecular formula is C48H68N4O7Si. The predicted octanol–water partition coefficient (Wildman–Crippen LogP) is 8.75. The second-order valence-electron chi connectivity index (χ2n) is 17.7. The largest absolute Gasteiger partial charge is 0.488 e. The van der Waals surface area contributed by atoms with Crippen molar-refractivity contribution in [2.75, 3.05) is 26.4 Å². The minimum absolute atomic E-state index is 0.0886. The van der Waals surface area contributed by atoms with Crippen LogP contribution >= 0.6 is 0 Å². The Balaban J connectivity index is 1.66. The lowest BCUT2D eigenvalue weighted by molar-refractivity contribution is -0.161. The van der Waals surface area contributed by atoms with Gasteiger partial charge in [0.25, 0.3) is 0 Å². The Bertz CT molecular complexity index is 1950. The Morgan fingerprint density at radius 1 is 0.750 bits per heavy atom. The number of carbonyl (C=O) groups is 3. The molecule has 4 rings (SSSR count). The highest BCUT2D eigenvalue weighted by Crippen LogP contribution is 2.36. The average molecular weight is 841 g/mol. The molecule has 0 heterocycles. The molecule has 11 nitrogen and oxygen atoms in total. The van der Waals surface area contributed by atoms with E-state index in [1.54, 1.807) is 4.90 Å². The summed E-state index contributed by atoms with van der Waals surface area (Å²) in [6, 6.07) is 29.3. The third kappa shape index (κ3) is 15.4. The molecule has 0 aromatic heterocycles. The summed E-state index contributed by atoms with van der Waals surface area (Å²) in [5.41, 5.74) is 2.35. The van der Waals surface area contributed by atoms with Crippen molar-refractivity contribution in [1.82, 2.24) is 20.9 Å². The van der Waals surface area contributed by atoms with Crippen molar-refractivity contribution in [1.29, 1.82) is 0 Å². The van der Waals surface area contributed by atoms with Crippen molar-refractivity contribution in [3.63, 3.8) is 0 Å².